The molecule has 2 heterocycles. The van der Waals surface area contributed by atoms with Gasteiger partial charge >= 0.3 is 0 Å². The van der Waals surface area contributed by atoms with Gasteiger partial charge < -0.3 is 4.90 Å². The molecule has 1 aliphatic carbocycles. The van der Waals surface area contributed by atoms with Crippen molar-refractivity contribution in [3.05, 3.63) is 30.1 Å². The molecule has 0 saturated heterocycles. The molecule has 5 heteroatoms. The van der Waals surface area contributed by atoms with Crippen LogP contribution in [0.2, 0.25) is 0 Å². The monoisotopic (exact) mass is 310 g/mol. The molecule has 0 radical (unpaired) electrons. The fourth-order valence-electron chi connectivity index (χ4n) is 2.96. The summed E-state index contributed by atoms with van der Waals surface area (Å²) in [5.41, 5.74) is 0.557. The third-order valence-electron chi connectivity index (χ3n) is 4.55. The van der Waals surface area contributed by atoms with Gasteiger partial charge in [-0.1, -0.05) is 6.07 Å². The summed E-state index contributed by atoms with van der Waals surface area (Å²) >= 11 is 0. The van der Waals surface area contributed by atoms with Crippen molar-refractivity contribution in [1.82, 2.24) is 9.88 Å². The smallest absolute Gasteiger partial charge is 0.223 e. The van der Waals surface area contributed by atoms with E-state index in [-0.39, 0.29) is 17.6 Å². The molecule has 1 saturated carbocycles. The lowest BCUT2D eigenvalue weighted by Gasteiger charge is -2.29. The molecule has 0 N–H and O–H groups in total. The molecule has 1 aliphatic heterocycles. The van der Waals surface area contributed by atoms with Crippen LogP contribution in [0.5, 0.6) is 0 Å². The predicted molar refractivity (Wildman–Crippen MR) is 87.4 cm³/mol. The molecule has 2 aliphatic rings. The fourth-order valence-corrected chi connectivity index (χ4v) is 2.96. The third-order valence-corrected chi connectivity index (χ3v) is 4.55. The first-order valence-corrected chi connectivity index (χ1v) is 8.25. The van der Waals surface area contributed by atoms with Crippen molar-refractivity contribution in [3.63, 3.8) is 0 Å². The summed E-state index contributed by atoms with van der Waals surface area (Å²) in [4.78, 5) is 19.2. The molecule has 23 heavy (non-hydrogen) atoms. The fraction of sp³-hybridized carbons (Fsp3) is 0.556. The number of nitrogens with zero attached hydrogens (tertiary/aromatic N) is 4. The van der Waals surface area contributed by atoms with E-state index in [4.69, 9.17) is 6.42 Å². The maximum atomic E-state index is 12.8. The van der Waals surface area contributed by atoms with Crippen LogP contribution >= 0.6 is 0 Å². The number of hydrogen-bond donors (Lipinski definition) is 0. The number of hydrogen-bond acceptors (Lipinski definition) is 4. The van der Waals surface area contributed by atoms with Crippen molar-refractivity contribution in [2.24, 2.45) is 10.2 Å². The molecule has 1 unspecified atom stereocenters. The van der Waals surface area contributed by atoms with Crippen molar-refractivity contribution in [2.45, 2.75) is 63.2 Å². The summed E-state index contributed by atoms with van der Waals surface area (Å²) in [7, 11) is 0. The van der Waals surface area contributed by atoms with Crippen molar-refractivity contribution in [2.75, 3.05) is 0 Å². The molecule has 1 amide bonds. The quantitative estimate of drug-likeness (QED) is 0.690. The average Bonchev–Trinajstić information content (AvgIpc) is 3.48. The molecule has 1 aromatic heterocycles. The molecule has 0 aromatic carbocycles. The number of terminal acetylenes is 1. The van der Waals surface area contributed by atoms with Crippen molar-refractivity contribution in [1.29, 1.82) is 0 Å². The van der Waals surface area contributed by atoms with Crippen molar-refractivity contribution in [3.8, 4) is 12.3 Å². The van der Waals surface area contributed by atoms with Crippen molar-refractivity contribution >= 4 is 5.91 Å². The van der Waals surface area contributed by atoms with Gasteiger partial charge in [-0.2, -0.15) is 10.2 Å². The lowest BCUT2D eigenvalue weighted by Crippen LogP contribution is -2.36. The second-order valence-corrected chi connectivity index (χ2v) is 6.35. The Morgan fingerprint density at radius 2 is 2.22 bits per heavy atom. The molecular formula is C18H22N4O. The second kappa shape index (κ2) is 6.49. The molecule has 120 valence electrons. The highest BCUT2D eigenvalue weighted by molar-refractivity contribution is 5.77. The Bertz CT molecular complexity index is 624. The van der Waals surface area contributed by atoms with E-state index in [9.17, 15) is 4.79 Å². The normalized spacial score (nSPS) is 19.0. The SMILES string of the molecule is C#CCCC1(CCC(=O)N(C2CC2)C(C)c2ccccn2)N=N1. The van der Waals surface area contributed by atoms with Crippen LogP contribution in [0.1, 0.15) is 57.2 Å². The predicted octanol–water partition coefficient (Wildman–Crippen LogP) is 3.49. The van der Waals surface area contributed by atoms with Gasteiger partial charge in [0.2, 0.25) is 5.91 Å². The maximum absolute atomic E-state index is 12.8. The summed E-state index contributed by atoms with van der Waals surface area (Å²) in [6.45, 7) is 2.05. The summed E-state index contributed by atoms with van der Waals surface area (Å²) in [5, 5.41) is 8.23. The van der Waals surface area contributed by atoms with Gasteiger partial charge in [-0.25, -0.2) is 0 Å². The molecule has 1 atom stereocenters. The summed E-state index contributed by atoms with van der Waals surface area (Å²) in [6, 6.07) is 6.20. The second-order valence-electron chi connectivity index (χ2n) is 6.35. The zero-order valence-corrected chi connectivity index (χ0v) is 13.5. The van der Waals surface area contributed by atoms with Gasteiger partial charge in [0, 0.05) is 37.9 Å². The minimum atomic E-state index is -0.383. The largest absolute Gasteiger partial charge is 0.331 e. The summed E-state index contributed by atoms with van der Waals surface area (Å²) in [6.07, 6.45) is 11.8. The van der Waals surface area contributed by atoms with E-state index in [1.165, 1.54) is 0 Å². The van der Waals surface area contributed by atoms with Gasteiger partial charge in [-0.15, -0.1) is 12.3 Å². The number of rotatable bonds is 8. The molecular weight excluding hydrogens is 288 g/mol. The Morgan fingerprint density at radius 1 is 1.43 bits per heavy atom. The highest BCUT2D eigenvalue weighted by Gasteiger charge is 2.42. The van der Waals surface area contributed by atoms with Crippen LogP contribution in [0.25, 0.3) is 0 Å². The van der Waals surface area contributed by atoms with Crippen LogP contribution in [0, 0.1) is 12.3 Å². The third kappa shape index (κ3) is 3.76. The molecule has 1 aromatic rings. The van der Waals surface area contributed by atoms with Gasteiger partial charge in [-0.05, 0) is 31.9 Å². The van der Waals surface area contributed by atoms with E-state index in [0.29, 0.717) is 25.3 Å². The van der Waals surface area contributed by atoms with Gasteiger partial charge in [0.15, 0.2) is 5.66 Å². The van der Waals surface area contributed by atoms with E-state index in [2.05, 4.69) is 28.1 Å². The molecule has 5 nitrogen and oxygen atoms in total. The summed E-state index contributed by atoms with van der Waals surface area (Å²) < 4.78 is 0. The van der Waals surface area contributed by atoms with E-state index in [0.717, 1.165) is 25.0 Å². The van der Waals surface area contributed by atoms with Gasteiger partial charge in [0.1, 0.15) is 0 Å². The van der Waals surface area contributed by atoms with Gasteiger partial charge in [0.05, 0.1) is 11.7 Å². The van der Waals surface area contributed by atoms with E-state index < -0.39 is 0 Å². The average molecular weight is 310 g/mol. The molecule has 0 spiro atoms. The van der Waals surface area contributed by atoms with E-state index in [1.807, 2.05) is 23.1 Å². The summed E-state index contributed by atoms with van der Waals surface area (Å²) in [5.74, 6) is 2.79. The zero-order chi connectivity index (χ0) is 16.3. The van der Waals surface area contributed by atoms with Crippen LogP contribution in [-0.2, 0) is 4.79 Å². The lowest BCUT2D eigenvalue weighted by atomic mass is 10.0. The van der Waals surface area contributed by atoms with Crippen LogP contribution in [0.15, 0.2) is 34.6 Å². The van der Waals surface area contributed by atoms with Gasteiger partial charge in [-0.3, -0.25) is 9.78 Å². The lowest BCUT2D eigenvalue weighted by molar-refractivity contribution is -0.134. The molecule has 1 fully saturated rings. The van der Waals surface area contributed by atoms with Crippen LogP contribution in [0.4, 0.5) is 0 Å². The number of carbonyl (C=O) groups is 1. The molecule has 3 rings (SSSR count). The van der Waals surface area contributed by atoms with Crippen molar-refractivity contribution < 1.29 is 4.79 Å². The van der Waals surface area contributed by atoms with Crippen LogP contribution in [0.3, 0.4) is 0 Å². The minimum Gasteiger partial charge on any atom is -0.331 e. The van der Waals surface area contributed by atoms with E-state index >= 15 is 0 Å². The minimum absolute atomic E-state index is 0.00550. The highest BCUT2D eigenvalue weighted by atomic mass is 16.2. The zero-order valence-electron chi connectivity index (χ0n) is 13.5. The van der Waals surface area contributed by atoms with E-state index in [1.54, 1.807) is 6.20 Å². The van der Waals surface area contributed by atoms with Crippen LogP contribution in [-0.4, -0.2) is 27.5 Å². The first kappa shape index (κ1) is 15.7. The standard InChI is InChI=1S/C18H22N4O/c1-3-4-11-18(20-21-18)12-10-17(23)22(15-8-9-15)14(2)16-7-5-6-13-19-16/h1,5-7,13-15H,4,8-12H2,2H3. The van der Waals surface area contributed by atoms with Gasteiger partial charge in [0.25, 0.3) is 0 Å². The first-order valence-electron chi connectivity index (χ1n) is 8.25. The number of carbonyl (C=O) groups excluding carboxylic acids is 1. The first-order chi connectivity index (χ1) is 11.2. The number of aromatic nitrogens is 1. The Hall–Kier alpha value is -2.22. The Balaban J connectivity index is 1.60. The topological polar surface area (TPSA) is 57.9 Å². The maximum Gasteiger partial charge on any atom is 0.223 e. The number of pyridine rings is 1. The Kier molecular flexibility index (Phi) is 4.42. The highest BCUT2D eigenvalue weighted by Crippen LogP contribution is 2.39. The Labute approximate surface area is 137 Å². The number of amides is 1. The molecule has 0 bridgehead atoms. The van der Waals surface area contributed by atoms with Crippen LogP contribution < -0.4 is 0 Å². The Morgan fingerprint density at radius 3 is 2.78 bits per heavy atom.